The third-order valence-corrected chi connectivity index (χ3v) is 6.16. The Bertz CT molecular complexity index is 1000. The molecule has 29 heavy (non-hydrogen) atoms. The molecule has 0 atom stereocenters. The highest BCUT2D eigenvalue weighted by atomic mass is 16.1. The van der Waals surface area contributed by atoms with Gasteiger partial charge in [0.05, 0.1) is 22.4 Å². The first-order valence-corrected chi connectivity index (χ1v) is 10.9. The van der Waals surface area contributed by atoms with Gasteiger partial charge in [-0.2, -0.15) is 0 Å². The van der Waals surface area contributed by atoms with Crippen LogP contribution in [-0.2, 0) is 11.2 Å². The van der Waals surface area contributed by atoms with E-state index < -0.39 is 0 Å². The van der Waals surface area contributed by atoms with Gasteiger partial charge in [0.15, 0.2) is 0 Å². The van der Waals surface area contributed by atoms with Gasteiger partial charge in [0, 0.05) is 25.4 Å². The molecular formula is C24H28N4O. The van der Waals surface area contributed by atoms with Crippen molar-refractivity contribution < 1.29 is 4.79 Å². The molecule has 1 aromatic heterocycles. The Kier molecular flexibility index (Phi) is 4.96. The van der Waals surface area contributed by atoms with Gasteiger partial charge in [-0.05, 0) is 37.0 Å². The van der Waals surface area contributed by atoms with Gasteiger partial charge < -0.3 is 15.2 Å². The number of carbonyl (C=O) groups is 1. The summed E-state index contributed by atoms with van der Waals surface area (Å²) in [6.45, 7) is 2.08. The fraction of sp³-hybridized carbons (Fsp3) is 0.417. The first-order valence-electron chi connectivity index (χ1n) is 10.9. The van der Waals surface area contributed by atoms with Gasteiger partial charge in [0.2, 0.25) is 5.91 Å². The normalized spacial score (nSPS) is 16.9. The molecule has 2 aliphatic rings. The number of anilines is 2. The SMILES string of the molecule is O=C(CCc1ccccc1)Nc1cc2[nH]c(C3CCCCC3)nc2cc1N1CC1. The van der Waals surface area contributed by atoms with Crippen LogP contribution in [0.1, 0.15) is 55.8 Å². The minimum atomic E-state index is 0.0586. The molecule has 1 aliphatic carbocycles. The first kappa shape index (κ1) is 18.2. The maximum atomic E-state index is 12.6. The molecule has 2 heterocycles. The van der Waals surface area contributed by atoms with Gasteiger partial charge in [0.25, 0.3) is 0 Å². The van der Waals surface area contributed by atoms with E-state index in [1.165, 1.54) is 37.7 Å². The maximum absolute atomic E-state index is 12.6. The van der Waals surface area contributed by atoms with E-state index in [-0.39, 0.29) is 5.91 Å². The van der Waals surface area contributed by atoms with Gasteiger partial charge in [-0.25, -0.2) is 4.98 Å². The monoisotopic (exact) mass is 388 g/mol. The van der Waals surface area contributed by atoms with Crippen LogP contribution < -0.4 is 10.2 Å². The van der Waals surface area contributed by atoms with E-state index in [1.807, 2.05) is 18.2 Å². The number of amides is 1. The average Bonchev–Trinajstić information content (AvgIpc) is 3.52. The smallest absolute Gasteiger partial charge is 0.224 e. The van der Waals surface area contributed by atoms with Crippen molar-refractivity contribution in [2.75, 3.05) is 23.3 Å². The van der Waals surface area contributed by atoms with Crippen LogP contribution in [-0.4, -0.2) is 29.0 Å². The summed E-state index contributed by atoms with van der Waals surface area (Å²) in [5.74, 6) is 1.72. The Morgan fingerprint density at radius 1 is 1.10 bits per heavy atom. The summed E-state index contributed by atoms with van der Waals surface area (Å²) >= 11 is 0. The molecule has 1 amide bonds. The number of nitrogens with one attached hydrogen (secondary N) is 2. The van der Waals surface area contributed by atoms with E-state index in [9.17, 15) is 4.79 Å². The van der Waals surface area contributed by atoms with Crippen LogP contribution in [0.2, 0.25) is 0 Å². The highest BCUT2D eigenvalue weighted by molar-refractivity contribution is 5.99. The van der Waals surface area contributed by atoms with Gasteiger partial charge in [-0.15, -0.1) is 0 Å². The summed E-state index contributed by atoms with van der Waals surface area (Å²) in [7, 11) is 0. The fourth-order valence-electron chi connectivity index (χ4n) is 4.40. The number of aromatic nitrogens is 2. The molecule has 2 aromatic carbocycles. The van der Waals surface area contributed by atoms with Crippen LogP contribution in [0.5, 0.6) is 0 Å². The summed E-state index contributed by atoms with van der Waals surface area (Å²) in [6, 6.07) is 14.4. The number of aryl methyl sites for hydroxylation is 1. The second-order valence-corrected chi connectivity index (χ2v) is 8.36. The lowest BCUT2D eigenvalue weighted by atomic mass is 9.89. The molecule has 0 bridgehead atoms. The number of hydrogen-bond donors (Lipinski definition) is 2. The zero-order valence-electron chi connectivity index (χ0n) is 16.8. The molecule has 3 aromatic rings. The van der Waals surface area contributed by atoms with Gasteiger partial charge in [-0.1, -0.05) is 49.6 Å². The van der Waals surface area contributed by atoms with Crippen LogP contribution in [0, 0.1) is 0 Å². The van der Waals surface area contributed by atoms with E-state index in [2.05, 4.69) is 39.5 Å². The molecule has 5 rings (SSSR count). The number of benzene rings is 2. The number of imidazole rings is 1. The Morgan fingerprint density at radius 3 is 2.66 bits per heavy atom. The molecule has 1 saturated heterocycles. The molecule has 2 fully saturated rings. The Labute approximate surface area is 171 Å². The molecule has 1 saturated carbocycles. The van der Waals surface area contributed by atoms with E-state index in [0.717, 1.165) is 47.7 Å². The number of carbonyl (C=O) groups excluding carboxylic acids is 1. The molecule has 5 nitrogen and oxygen atoms in total. The van der Waals surface area contributed by atoms with Crippen molar-refractivity contribution in [1.82, 2.24) is 9.97 Å². The summed E-state index contributed by atoms with van der Waals surface area (Å²) in [5.41, 5.74) is 5.21. The summed E-state index contributed by atoms with van der Waals surface area (Å²) in [4.78, 5) is 23.3. The molecule has 5 heteroatoms. The zero-order valence-corrected chi connectivity index (χ0v) is 16.8. The van der Waals surface area contributed by atoms with Crippen LogP contribution in [0.15, 0.2) is 42.5 Å². The largest absolute Gasteiger partial charge is 0.366 e. The molecular weight excluding hydrogens is 360 g/mol. The predicted molar refractivity (Wildman–Crippen MR) is 118 cm³/mol. The maximum Gasteiger partial charge on any atom is 0.224 e. The van der Waals surface area contributed by atoms with Gasteiger partial charge >= 0.3 is 0 Å². The minimum absolute atomic E-state index is 0.0586. The number of rotatable bonds is 6. The van der Waals surface area contributed by atoms with Crippen molar-refractivity contribution in [2.45, 2.75) is 50.9 Å². The van der Waals surface area contributed by atoms with E-state index in [0.29, 0.717) is 12.3 Å². The predicted octanol–water partition coefficient (Wildman–Crippen LogP) is 5.00. The summed E-state index contributed by atoms with van der Waals surface area (Å²) in [6.07, 6.45) is 7.62. The van der Waals surface area contributed by atoms with Crippen LogP contribution in [0.3, 0.4) is 0 Å². The zero-order chi connectivity index (χ0) is 19.6. The Hall–Kier alpha value is -2.82. The lowest BCUT2D eigenvalue weighted by Gasteiger charge is -2.18. The highest BCUT2D eigenvalue weighted by Crippen LogP contribution is 2.36. The first-order chi connectivity index (χ1) is 14.3. The summed E-state index contributed by atoms with van der Waals surface area (Å²) < 4.78 is 0. The average molecular weight is 389 g/mol. The van der Waals surface area contributed by atoms with Crippen LogP contribution >= 0.6 is 0 Å². The van der Waals surface area contributed by atoms with Crippen molar-refractivity contribution in [1.29, 1.82) is 0 Å². The third kappa shape index (κ3) is 4.14. The van der Waals surface area contributed by atoms with Gasteiger partial charge in [0.1, 0.15) is 5.82 Å². The molecule has 150 valence electrons. The van der Waals surface area contributed by atoms with Crippen LogP contribution in [0.4, 0.5) is 11.4 Å². The second kappa shape index (κ2) is 7.90. The lowest BCUT2D eigenvalue weighted by molar-refractivity contribution is -0.116. The molecule has 2 N–H and O–H groups in total. The highest BCUT2D eigenvalue weighted by Gasteiger charge is 2.25. The van der Waals surface area contributed by atoms with Crippen molar-refractivity contribution in [3.8, 4) is 0 Å². The molecule has 1 aliphatic heterocycles. The molecule has 0 spiro atoms. The third-order valence-electron chi connectivity index (χ3n) is 6.16. The quantitative estimate of drug-likeness (QED) is 0.584. The van der Waals surface area contributed by atoms with Crippen molar-refractivity contribution in [2.24, 2.45) is 0 Å². The van der Waals surface area contributed by atoms with Crippen molar-refractivity contribution in [3.05, 3.63) is 53.9 Å². The van der Waals surface area contributed by atoms with E-state index in [4.69, 9.17) is 4.98 Å². The fourth-order valence-corrected chi connectivity index (χ4v) is 4.40. The molecule has 0 unspecified atom stereocenters. The number of aromatic amines is 1. The second-order valence-electron chi connectivity index (χ2n) is 8.36. The van der Waals surface area contributed by atoms with Crippen molar-refractivity contribution in [3.63, 3.8) is 0 Å². The summed E-state index contributed by atoms with van der Waals surface area (Å²) in [5, 5.41) is 3.15. The Morgan fingerprint density at radius 2 is 1.90 bits per heavy atom. The Balaban J connectivity index is 1.35. The topological polar surface area (TPSA) is 60.8 Å². The van der Waals surface area contributed by atoms with Gasteiger partial charge in [-0.3, -0.25) is 4.79 Å². The minimum Gasteiger partial charge on any atom is -0.366 e. The number of H-pyrrole nitrogens is 1. The molecule has 0 radical (unpaired) electrons. The van der Waals surface area contributed by atoms with E-state index >= 15 is 0 Å². The number of hydrogen-bond acceptors (Lipinski definition) is 3. The van der Waals surface area contributed by atoms with E-state index in [1.54, 1.807) is 0 Å². The number of nitrogens with zero attached hydrogens (tertiary/aromatic N) is 2. The van der Waals surface area contributed by atoms with Crippen molar-refractivity contribution >= 4 is 28.3 Å². The number of fused-ring (bicyclic) bond motifs is 1. The lowest BCUT2D eigenvalue weighted by Crippen LogP contribution is -2.14. The van der Waals surface area contributed by atoms with Crippen LogP contribution in [0.25, 0.3) is 11.0 Å². The standard InChI is InChI=1S/C24H28N4O/c29-23(12-11-17-7-3-1-4-8-17)25-21-15-19-20(16-22(21)28-13-14-28)27-24(26-19)18-9-5-2-6-10-18/h1,3-4,7-8,15-16,18H,2,5-6,9-14H2,(H,25,29)(H,26,27).